The number of Topliss-reactive ketones (excluding diaryl/α,β-unsaturated/α-hetero) is 1. The number of carbonyl (C=O) groups is 1. The van der Waals surface area contributed by atoms with Gasteiger partial charge in [-0.05, 0) is 23.6 Å². The van der Waals surface area contributed by atoms with Crippen molar-refractivity contribution in [3.63, 3.8) is 0 Å². The molecular weight excluding hydrogens is 224 g/mol. The number of hydrogen-bond acceptors (Lipinski definition) is 2. The largest absolute Gasteiger partial charge is 0.378 e. The van der Waals surface area contributed by atoms with Crippen LogP contribution in [-0.4, -0.2) is 18.5 Å². The highest BCUT2D eigenvalue weighted by atomic mass is 16.5. The lowest BCUT2D eigenvalue weighted by atomic mass is 9.98. The summed E-state index contributed by atoms with van der Waals surface area (Å²) in [4.78, 5) is 12.3. The fraction of sp³-hybridized carbons (Fsp3) is 0.312. The number of benzene rings is 2. The maximum atomic E-state index is 12.3. The van der Waals surface area contributed by atoms with Crippen LogP contribution in [0.25, 0.3) is 10.8 Å². The van der Waals surface area contributed by atoms with Gasteiger partial charge in [0.05, 0.1) is 6.10 Å². The van der Waals surface area contributed by atoms with Gasteiger partial charge in [0.2, 0.25) is 0 Å². The van der Waals surface area contributed by atoms with Gasteiger partial charge in [-0.1, -0.05) is 42.5 Å². The molecule has 1 heterocycles. The lowest BCUT2D eigenvalue weighted by Gasteiger charge is -2.10. The molecule has 3 rings (SSSR count). The second-order valence-electron chi connectivity index (χ2n) is 4.79. The lowest BCUT2D eigenvalue weighted by molar-refractivity contribution is 0.0777. The van der Waals surface area contributed by atoms with Gasteiger partial charge in [0.25, 0.3) is 0 Å². The van der Waals surface area contributed by atoms with Crippen molar-refractivity contribution in [3.8, 4) is 0 Å². The molecule has 0 amide bonds. The second kappa shape index (κ2) is 4.91. The number of fused-ring (bicyclic) bond motifs is 1. The average molecular weight is 240 g/mol. The summed E-state index contributed by atoms with van der Waals surface area (Å²) in [5.41, 5.74) is 0.823. The first-order valence-electron chi connectivity index (χ1n) is 6.47. The predicted molar refractivity (Wildman–Crippen MR) is 71.9 cm³/mol. The molecule has 0 aromatic heterocycles. The molecule has 0 aliphatic carbocycles. The average Bonchev–Trinajstić information content (AvgIpc) is 2.91. The van der Waals surface area contributed by atoms with E-state index in [1.54, 1.807) is 0 Å². The van der Waals surface area contributed by atoms with E-state index < -0.39 is 0 Å². The predicted octanol–water partition coefficient (Wildman–Crippen LogP) is 3.59. The Labute approximate surface area is 107 Å². The van der Waals surface area contributed by atoms with Gasteiger partial charge in [-0.2, -0.15) is 0 Å². The topological polar surface area (TPSA) is 26.3 Å². The van der Waals surface area contributed by atoms with Crippen molar-refractivity contribution in [3.05, 3.63) is 48.0 Å². The highest BCUT2D eigenvalue weighted by Crippen LogP contribution is 2.23. The van der Waals surface area contributed by atoms with Crippen molar-refractivity contribution in [2.24, 2.45) is 0 Å². The van der Waals surface area contributed by atoms with Gasteiger partial charge in [0.15, 0.2) is 5.78 Å². The number of ketones is 1. The Balaban J connectivity index is 1.91. The zero-order valence-corrected chi connectivity index (χ0v) is 10.3. The van der Waals surface area contributed by atoms with Crippen LogP contribution in [0.3, 0.4) is 0 Å². The molecule has 1 aliphatic heterocycles. The normalized spacial score (nSPS) is 19.2. The summed E-state index contributed by atoms with van der Waals surface area (Å²) >= 11 is 0. The SMILES string of the molecule is O=C(CC1CCCO1)c1cccc2ccccc12. The molecule has 92 valence electrons. The van der Waals surface area contributed by atoms with Gasteiger partial charge in [-0.25, -0.2) is 0 Å². The fourth-order valence-electron chi connectivity index (χ4n) is 2.59. The Hall–Kier alpha value is -1.67. The van der Waals surface area contributed by atoms with Crippen molar-refractivity contribution in [2.45, 2.75) is 25.4 Å². The van der Waals surface area contributed by atoms with Crippen LogP contribution in [0.15, 0.2) is 42.5 Å². The monoisotopic (exact) mass is 240 g/mol. The number of hydrogen-bond donors (Lipinski definition) is 0. The maximum absolute atomic E-state index is 12.3. The first-order valence-corrected chi connectivity index (χ1v) is 6.47. The molecular formula is C16H16O2. The minimum atomic E-state index is 0.122. The van der Waals surface area contributed by atoms with Gasteiger partial charge in [0, 0.05) is 18.6 Å². The van der Waals surface area contributed by atoms with Crippen molar-refractivity contribution >= 4 is 16.6 Å². The van der Waals surface area contributed by atoms with Gasteiger partial charge < -0.3 is 4.74 Å². The van der Waals surface area contributed by atoms with Gasteiger partial charge >= 0.3 is 0 Å². The minimum absolute atomic E-state index is 0.122. The summed E-state index contributed by atoms with van der Waals surface area (Å²) < 4.78 is 5.54. The van der Waals surface area contributed by atoms with E-state index >= 15 is 0 Å². The maximum Gasteiger partial charge on any atom is 0.166 e. The second-order valence-corrected chi connectivity index (χ2v) is 4.79. The van der Waals surface area contributed by atoms with E-state index in [9.17, 15) is 4.79 Å². The molecule has 0 N–H and O–H groups in total. The van der Waals surface area contributed by atoms with Gasteiger partial charge in [0.1, 0.15) is 0 Å². The summed E-state index contributed by atoms with van der Waals surface area (Å²) in [6, 6.07) is 13.9. The first-order chi connectivity index (χ1) is 8.84. The summed E-state index contributed by atoms with van der Waals surface area (Å²) in [6.45, 7) is 0.799. The molecule has 0 spiro atoms. The third kappa shape index (κ3) is 2.16. The van der Waals surface area contributed by atoms with Crippen LogP contribution < -0.4 is 0 Å². The van der Waals surface area contributed by atoms with E-state index in [1.165, 1.54) is 0 Å². The molecule has 18 heavy (non-hydrogen) atoms. The van der Waals surface area contributed by atoms with Crippen LogP contribution in [-0.2, 0) is 4.74 Å². The molecule has 2 heteroatoms. The van der Waals surface area contributed by atoms with Gasteiger partial charge in [-0.3, -0.25) is 4.79 Å². The lowest BCUT2D eigenvalue weighted by Crippen LogP contribution is -2.12. The Morgan fingerprint density at radius 3 is 2.83 bits per heavy atom. The summed E-state index contributed by atoms with van der Waals surface area (Å²) in [5.74, 6) is 0.193. The quantitative estimate of drug-likeness (QED) is 0.766. The molecule has 1 fully saturated rings. The van der Waals surface area contributed by atoms with E-state index in [4.69, 9.17) is 4.74 Å². The Morgan fingerprint density at radius 1 is 1.17 bits per heavy atom. The highest BCUT2D eigenvalue weighted by Gasteiger charge is 2.20. The van der Waals surface area contributed by atoms with E-state index in [0.29, 0.717) is 6.42 Å². The van der Waals surface area contributed by atoms with Crippen LogP contribution in [0, 0.1) is 0 Å². The van der Waals surface area contributed by atoms with Crippen molar-refractivity contribution in [2.75, 3.05) is 6.61 Å². The third-order valence-corrected chi connectivity index (χ3v) is 3.53. The first kappa shape index (κ1) is 11.4. The van der Waals surface area contributed by atoms with E-state index in [-0.39, 0.29) is 11.9 Å². The summed E-state index contributed by atoms with van der Waals surface area (Å²) in [7, 11) is 0. The molecule has 1 atom stereocenters. The van der Waals surface area contributed by atoms with Crippen LogP contribution in [0.2, 0.25) is 0 Å². The fourth-order valence-corrected chi connectivity index (χ4v) is 2.59. The van der Waals surface area contributed by atoms with E-state index in [0.717, 1.165) is 35.8 Å². The van der Waals surface area contributed by atoms with Crippen molar-refractivity contribution in [1.82, 2.24) is 0 Å². The number of ether oxygens (including phenoxy) is 1. The van der Waals surface area contributed by atoms with E-state index in [2.05, 4.69) is 0 Å². The number of carbonyl (C=O) groups excluding carboxylic acids is 1. The van der Waals surface area contributed by atoms with Gasteiger partial charge in [-0.15, -0.1) is 0 Å². The number of rotatable bonds is 3. The highest BCUT2D eigenvalue weighted by molar-refractivity contribution is 6.08. The Kier molecular flexibility index (Phi) is 3.11. The van der Waals surface area contributed by atoms with Crippen molar-refractivity contribution < 1.29 is 9.53 Å². The summed E-state index contributed by atoms with van der Waals surface area (Å²) in [5, 5.41) is 2.17. The van der Waals surface area contributed by atoms with Crippen LogP contribution in [0.1, 0.15) is 29.6 Å². The Bertz CT molecular complexity index is 563. The van der Waals surface area contributed by atoms with E-state index in [1.807, 2.05) is 42.5 Å². The van der Waals surface area contributed by atoms with Crippen LogP contribution in [0.4, 0.5) is 0 Å². The molecule has 1 saturated heterocycles. The molecule has 1 unspecified atom stereocenters. The van der Waals surface area contributed by atoms with Crippen LogP contribution in [0.5, 0.6) is 0 Å². The molecule has 2 aromatic carbocycles. The Morgan fingerprint density at radius 2 is 2.00 bits per heavy atom. The summed E-state index contributed by atoms with van der Waals surface area (Å²) in [6.07, 6.45) is 2.72. The molecule has 0 bridgehead atoms. The molecule has 2 nitrogen and oxygen atoms in total. The third-order valence-electron chi connectivity index (χ3n) is 3.53. The van der Waals surface area contributed by atoms with Crippen molar-refractivity contribution in [1.29, 1.82) is 0 Å². The molecule has 0 radical (unpaired) electrons. The van der Waals surface area contributed by atoms with Crippen LogP contribution >= 0.6 is 0 Å². The minimum Gasteiger partial charge on any atom is -0.378 e. The molecule has 1 aliphatic rings. The molecule has 2 aromatic rings. The standard InChI is InChI=1S/C16H16O2/c17-16(11-13-7-4-10-18-13)15-9-3-6-12-5-1-2-8-14(12)15/h1-3,5-6,8-9,13H,4,7,10-11H2. The zero-order valence-electron chi connectivity index (χ0n) is 10.3. The molecule has 0 saturated carbocycles. The smallest absolute Gasteiger partial charge is 0.166 e. The zero-order chi connectivity index (χ0) is 12.4.